The highest BCUT2D eigenvalue weighted by Gasteiger charge is 2.28. The van der Waals surface area contributed by atoms with Crippen LogP contribution in [-0.4, -0.2) is 97.0 Å². The Morgan fingerprint density at radius 2 is 1.28 bits per heavy atom. The number of hydrogen-bond donors (Lipinski definition) is 5. The van der Waals surface area contributed by atoms with Crippen molar-refractivity contribution >= 4 is 74.4 Å². The van der Waals surface area contributed by atoms with Crippen LogP contribution in [0.4, 0.5) is 0 Å². The van der Waals surface area contributed by atoms with Gasteiger partial charge in [-0.15, -0.1) is 0 Å². The van der Waals surface area contributed by atoms with E-state index in [-0.39, 0.29) is 55.2 Å². The van der Waals surface area contributed by atoms with Crippen LogP contribution in [0.3, 0.4) is 0 Å². The summed E-state index contributed by atoms with van der Waals surface area (Å²) in [5.74, 6) is -2.48. The first-order valence-electron chi connectivity index (χ1n) is 9.21. The van der Waals surface area contributed by atoms with Gasteiger partial charge < -0.3 is 36.3 Å². The highest BCUT2D eigenvalue weighted by atomic mass is 35.5. The number of hydrogen-bond acceptors (Lipinski definition) is 13. The SMILES string of the molecule is O=C(CS)OCC(CN1C=C[NH+](CC(COC(=O)CS)OC(=O)CS)C1)OC(=O)CS.[Cl-]. The second kappa shape index (κ2) is 17.5. The van der Waals surface area contributed by atoms with Gasteiger partial charge in [-0.25, -0.2) is 0 Å². The maximum Gasteiger partial charge on any atom is 0.316 e. The Hall–Kier alpha value is -0.930. The maximum atomic E-state index is 11.6. The number of rotatable bonds is 14. The summed E-state index contributed by atoms with van der Waals surface area (Å²) in [5.41, 5.74) is 0. The third-order valence-corrected chi connectivity index (χ3v) is 4.86. The zero-order valence-electron chi connectivity index (χ0n) is 17.1. The lowest BCUT2D eigenvalue weighted by Crippen LogP contribution is -3.08. The summed E-state index contributed by atoms with van der Waals surface area (Å²) in [5, 5.41) is 0. The third-order valence-electron chi connectivity index (χ3n) is 3.83. The summed E-state index contributed by atoms with van der Waals surface area (Å²) < 4.78 is 20.6. The van der Waals surface area contributed by atoms with Crippen LogP contribution in [0.5, 0.6) is 0 Å². The van der Waals surface area contributed by atoms with E-state index in [1.807, 2.05) is 11.1 Å². The molecule has 0 fully saturated rings. The van der Waals surface area contributed by atoms with Crippen LogP contribution < -0.4 is 17.3 Å². The number of carbonyl (C=O) groups excluding carboxylic acids is 4. The van der Waals surface area contributed by atoms with Gasteiger partial charge in [0.2, 0.25) is 0 Å². The van der Waals surface area contributed by atoms with Crippen LogP contribution in [0.25, 0.3) is 0 Å². The lowest BCUT2D eigenvalue weighted by atomic mass is 10.3. The maximum absolute atomic E-state index is 11.6. The van der Waals surface area contributed by atoms with Crippen LogP contribution in [0.15, 0.2) is 12.4 Å². The molecular formula is C17H27ClN2O8S4. The van der Waals surface area contributed by atoms with Crippen molar-refractivity contribution in [3.8, 4) is 0 Å². The predicted molar refractivity (Wildman–Crippen MR) is 124 cm³/mol. The van der Waals surface area contributed by atoms with Gasteiger partial charge in [-0.2, -0.15) is 50.5 Å². The molecule has 1 rings (SSSR count). The topological polar surface area (TPSA) is 113 Å². The number of esters is 4. The number of carbonyl (C=O) groups is 4. The molecule has 0 aromatic carbocycles. The number of halogens is 1. The molecule has 15 heteroatoms. The molecule has 3 atom stereocenters. The van der Waals surface area contributed by atoms with E-state index in [9.17, 15) is 19.2 Å². The highest BCUT2D eigenvalue weighted by molar-refractivity contribution is 7.81. The first-order chi connectivity index (χ1) is 14.8. The number of ether oxygens (including phenoxy) is 4. The number of thiol groups is 4. The van der Waals surface area contributed by atoms with Gasteiger partial charge in [0.25, 0.3) is 0 Å². The van der Waals surface area contributed by atoms with Crippen LogP contribution in [0.2, 0.25) is 0 Å². The second-order valence-electron chi connectivity index (χ2n) is 6.33. The van der Waals surface area contributed by atoms with Gasteiger partial charge >= 0.3 is 23.9 Å². The van der Waals surface area contributed by atoms with E-state index < -0.39 is 36.1 Å². The first kappa shape index (κ1) is 31.1. The molecule has 1 aliphatic heterocycles. The first-order valence-corrected chi connectivity index (χ1v) is 11.7. The predicted octanol–water partition coefficient (Wildman–Crippen LogP) is -4.75. The molecule has 0 radical (unpaired) electrons. The lowest BCUT2D eigenvalue weighted by molar-refractivity contribution is -0.852. The van der Waals surface area contributed by atoms with E-state index in [0.717, 1.165) is 4.90 Å². The van der Waals surface area contributed by atoms with Gasteiger partial charge in [-0.05, 0) is 0 Å². The summed E-state index contributed by atoms with van der Waals surface area (Å²) >= 11 is 15.4. The van der Waals surface area contributed by atoms with Gasteiger partial charge in [0.1, 0.15) is 26.0 Å². The van der Waals surface area contributed by atoms with Gasteiger partial charge in [0.15, 0.2) is 18.9 Å². The molecule has 0 saturated heterocycles. The fourth-order valence-corrected chi connectivity index (χ4v) is 2.89. The Kier molecular flexibility index (Phi) is 17.0. The number of quaternary nitrogens is 1. The average Bonchev–Trinajstić information content (AvgIpc) is 3.21. The van der Waals surface area contributed by atoms with E-state index in [2.05, 4.69) is 50.5 Å². The monoisotopic (exact) mass is 550 g/mol. The van der Waals surface area contributed by atoms with Crippen molar-refractivity contribution in [1.82, 2.24) is 4.90 Å². The molecule has 184 valence electrons. The summed E-state index contributed by atoms with van der Waals surface area (Å²) in [7, 11) is 0. The molecule has 0 spiro atoms. The summed E-state index contributed by atoms with van der Waals surface area (Å²) in [6.07, 6.45) is 2.26. The average molecular weight is 551 g/mol. The minimum absolute atomic E-state index is 0. The van der Waals surface area contributed by atoms with Gasteiger partial charge in [0.05, 0.1) is 35.8 Å². The quantitative estimate of drug-likeness (QED) is 0.0827. The van der Waals surface area contributed by atoms with Gasteiger partial charge in [-0.1, -0.05) is 0 Å². The molecule has 10 nitrogen and oxygen atoms in total. The van der Waals surface area contributed by atoms with Crippen molar-refractivity contribution in [2.24, 2.45) is 0 Å². The van der Waals surface area contributed by atoms with Gasteiger partial charge in [0, 0.05) is 0 Å². The van der Waals surface area contributed by atoms with E-state index in [1.165, 1.54) is 0 Å². The molecular weight excluding hydrogens is 524 g/mol. The zero-order chi connectivity index (χ0) is 23.2. The van der Waals surface area contributed by atoms with Crippen molar-refractivity contribution in [1.29, 1.82) is 0 Å². The normalized spacial score (nSPS) is 16.5. The van der Waals surface area contributed by atoms with Crippen LogP contribution in [0, 0.1) is 0 Å². The molecule has 0 saturated carbocycles. The lowest BCUT2D eigenvalue weighted by Gasteiger charge is -2.24. The fraction of sp³-hybridized carbons (Fsp3) is 0.647. The Balaban J connectivity index is 0.00000961. The smallest absolute Gasteiger partial charge is 0.316 e. The molecule has 0 amide bonds. The minimum Gasteiger partial charge on any atom is -1.00 e. The van der Waals surface area contributed by atoms with Crippen molar-refractivity contribution in [2.45, 2.75) is 12.2 Å². The molecule has 0 aromatic heterocycles. The Morgan fingerprint density at radius 1 is 0.812 bits per heavy atom. The molecule has 0 bridgehead atoms. The molecule has 3 unspecified atom stereocenters. The van der Waals surface area contributed by atoms with E-state index in [0.29, 0.717) is 13.2 Å². The summed E-state index contributed by atoms with van der Waals surface area (Å²) in [6.45, 7) is 0.862. The highest BCUT2D eigenvalue weighted by Crippen LogP contribution is 2.03. The Morgan fingerprint density at radius 3 is 1.78 bits per heavy atom. The molecule has 1 aliphatic rings. The van der Waals surface area contributed by atoms with Crippen molar-refractivity contribution in [3.05, 3.63) is 12.4 Å². The van der Waals surface area contributed by atoms with Crippen LogP contribution in [-0.2, 0) is 38.1 Å². The van der Waals surface area contributed by atoms with Gasteiger partial charge in [-0.3, -0.25) is 24.1 Å². The summed E-state index contributed by atoms with van der Waals surface area (Å²) in [6, 6.07) is 0. The standard InChI is InChI=1S/C17H26N2O8S4.ClH/c20-14(7-28)24-5-12(26-16(22)9-30)3-18-1-2-19(11-18)4-13(27-17(23)10-31)6-25-15(21)8-29;/h1-2,12-13,28-31H,3-11H2;1H. The Labute approximate surface area is 214 Å². The largest absolute Gasteiger partial charge is 1.00 e. The zero-order valence-corrected chi connectivity index (χ0v) is 21.4. The minimum atomic E-state index is -0.693. The van der Waals surface area contributed by atoms with E-state index >= 15 is 0 Å². The molecule has 1 N–H and O–H groups in total. The third kappa shape index (κ3) is 12.9. The van der Waals surface area contributed by atoms with Crippen molar-refractivity contribution in [2.75, 3.05) is 56.0 Å². The Bertz CT molecular complexity index is 606. The number of nitrogens with zero attached hydrogens (tertiary/aromatic N) is 1. The molecule has 0 aromatic rings. The van der Waals surface area contributed by atoms with E-state index in [1.54, 1.807) is 6.20 Å². The molecule has 32 heavy (non-hydrogen) atoms. The molecule has 0 aliphatic carbocycles. The van der Waals surface area contributed by atoms with Crippen molar-refractivity contribution in [3.63, 3.8) is 0 Å². The number of nitrogens with one attached hydrogen (secondary N) is 1. The fourth-order valence-electron chi connectivity index (χ4n) is 2.56. The van der Waals surface area contributed by atoms with Crippen LogP contribution >= 0.6 is 50.5 Å². The molecule has 1 heterocycles. The van der Waals surface area contributed by atoms with E-state index in [4.69, 9.17) is 18.9 Å². The van der Waals surface area contributed by atoms with Crippen LogP contribution in [0.1, 0.15) is 0 Å². The van der Waals surface area contributed by atoms with Crippen molar-refractivity contribution < 1.29 is 55.4 Å². The summed E-state index contributed by atoms with van der Waals surface area (Å²) in [4.78, 5) is 48.7. The second-order valence-corrected chi connectivity index (χ2v) is 7.59.